The highest BCUT2D eigenvalue weighted by atomic mass is 16.3. The van der Waals surface area contributed by atoms with E-state index < -0.39 is 0 Å². The smallest absolute Gasteiger partial charge is 0.164 e. The molecule has 0 spiro atoms. The van der Waals surface area contributed by atoms with Crippen molar-refractivity contribution in [1.29, 1.82) is 0 Å². The van der Waals surface area contributed by atoms with Gasteiger partial charge in [-0.05, 0) is 66.6 Å². The van der Waals surface area contributed by atoms with Gasteiger partial charge in [-0.1, -0.05) is 218 Å². The zero-order chi connectivity index (χ0) is 41.7. The first kappa shape index (κ1) is 36.4. The minimum atomic E-state index is 0.580. The number of nitrogens with zero attached hydrogens (tertiary/aromatic N) is 3. The lowest BCUT2D eigenvalue weighted by molar-refractivity contribution is 0.670. The molecule has 12 rings (SSSR count). The van der Waals surface area contributed by atoms with Crippen molar-refractivity contribution in [3.8, 4) is 78.7 Å². The molecule has 0 unspecified atom stereocenters. The predicted molar refractivity (Wildman–Crippen MR) is 260 cm³/mol. The molecule has 0 saturated carbocycles. The first-order valence-electron chi connectivity index (χ1n) is 21.3. The summed E-state index contributed by atoms with van der Waals surface area (Å²) < 4.78 is 6.80. The summed E-state index contributed by atoms with van der Waals surface area (Å²) in [7, 11) is 0. The molecular formula is C59H37N3O. The van der Waals surface area contributed by atoms with Crippen molar-refractivity contribution >= 4 is 43.5 Å². The Balaban J connectivity index is 1.02. The summed E-state index contributed by atoms with van der Waals surface area (Å²) in [5.74, 6) is 1.79. The molecule has 0 bridgehead atoms. The van der Waals surface area contributed by atoms with Crippen LogP contribution in [0, 0.1) is 0 Å². The zero-order valence-electron chi connectivity index (χ0n) is 34.1. The van der Waals surface area contributed by atoms with Crippen LogP contribution in [0.4, 0.5) is 0 Å². The fourth-order valence-electron chi connectivity index (χ4n) is 9.13. The van der Waals surface area contributed by atoms with Crippen molar-refractivity contribution < 1.29 is 4.42 Å². The summed E-state index contributed by atoms with van der Waals surface area (Å²) in [6.07, 6.45) is 0. The van der Waals surface area contributed by atoms with E-state index in [4.69, 9.17) is 19.4 Å². The van der Waals surface area contributed by atoms with E-state index in [0.29, 0.717) is 17.5 Å². The van der Waals surface area contributed by atoms with Crippen LogP contribution in [0.1, 0.15) is 0 Å². The van der Waals surface area contributed by atoms with E-state index in [1.54, 1.807) is 0 Å². The summed E-state index contributed by atoms with van der Waals surface area (Å²) >= 11 is 0. The second-order valence-electron chi connectivity index (χ2n) is 15.9. The SMILES string of the molecule is c1ccc(-c2ccc(-c3nc(-c4cccc5c(-c6ccccc6)cccc45)nc(-c4cccc5oc6c(-c7ccc(-c8cccc9ccccc89)cc7)cccc6c45)n3)cc2)cc1. The lowest BCUT2D eigenvalue weighted by atomic mass is 9.95. The molecule has 0 aliphatic carbocycles. The minimum Gasteiger partial charge on any atom is -0.455 e. The van der Waals surface area contributed by atoms with Gasteiger partial charge in [0, 0.05) is 33.0 Å². The molecule has 294 valence electrons. The Kier molecular flexibility index (Phi) is 8.79. The second kappa shape index (κ2) is 15.2. The fraction of sp³-hybridized carbons (Fsp3) is 0. The van der Waals surface area contributed by atoms with Crippen LogP contribution in [-0.4, -0.2) is 15.0 Å². The third-order valence-corrected chi connectivity index (χ3v) is 12.2. The molecular weight excluding hydrogens is 767 g/mol. The highest BCUT2D eigenvalue weighted by Crippen LogP contribution is 2.42. The number of fused-ring (bicyclic) bond motifs is 5. The van der Waals surface area contributed by atoms with Crippen LogP contribution in [0.2, 0.25) is 0 Å². The topological polar surface area (TPSA) is 51.8 Å². The van der Waals surface area contributed by atoms with Crippen LogP contribution in [0.25, 0.3) is 122 Å². The van der Waals surface area contributed by atoms with Crippen molar-refractivity contribution in [2.45, 2.75) is 0 Å². The van der Waals surface area contributed by atoms with Gasteiger partial charge >= 0.3 is 0 Å². The molecule has 0 aliphatic rings. The van der Waals surface area contributed by atoms with E-state index >= 15 is 0 Å². The third kappa shape index (κ3) is 6.44. The number of para-hydroxylation sites is 1. The van der Waals surface area contributed by atoms with Gasteiger partial charge in [-0.2, -0.15) is 0 Å². The third-order valence-electron chi connectivity index (χ3n) is 12.2. The molecule has 0 saturated heterocycles. The molecule has 4 heteroatoms. The second-order valence-corrected chi connectivity index (χ2v) is 15.9. The standard InChI is InChI=1S/C59H37N3O/c1-3-14-38(15-4-1)39-30-36-44(37-31-39)57-60-58(51-26-12-24-49-47(22-10-25-50(49)51)40-16-5-2-6-17-40)62-59(61-57)53-28-13-29-54-55(53)52-27-11-23-48(56(52)63-54)43-34-32-42(33-35-43)46-21-9-19-41-18-7-8-20-45(41)46/h1-37H. The number of furan rings is 1. The number of hydrogen-bond acceptors (Lipinski definition) is 4. The highest BCUT2D eigenvalue weighted by molar-refractivity contribution is 6.15. The van der Waals surface area contributed by atoms with Gasteiger partial charge in [-0.3, -0.25) is 0 Å². The van der Waals surface area contributed by atoms with Crippen molar-refractivity contribution in [2.75, 3.05) is 0 Å². The van der Waals surface area contributed by atoms with Crippen LogP contribution in [-0.2, 0) is 0 Å². The maximum atomic E-state index is 6.80. The maximum absolute atomic E-state index is 6.80. The zero-order valence-corrected chi connectivity index (χ0v) is 34.1. The summed E-state index contributed by atoms with van der Waals surface area (Å²) in [5.41, 5.74) is 13.4. The first-order valence-corrected chi connectivity index (χ1v) is 21.3. The van der Waals surface area contributed by atoms with Gasteiger partial charge in [0.2, 0.25) is 0 Å². The summed E-state index contributed by atoms with van der Waals surface area (Å²) in [6, 6.07) is 78.7. The van der Waals surface area contributed by atoms with E-state index in [1.807, 2.05) is 18.2 Å². The lowest BCUT2D eigenvalue weighted by Crippen LogP contribution is -2.01. The maximum Gasteiger partial charge on any atom is 0.164 e. The van der Waals surface area contributed by atoms with E-state index in [1.165, 1.54) is 21.9 Å². The Bertz CT molecular complexity index is 3650. The van der Waals surface area contributed by atoms with E-state index in [-0.39, 0.29) is 0 Å². The number of hydrogen-bond donors (Lipinski definition) is 0. The average Bonchev–Trinajstić information content (AvgIpc) is 3.76. The van der Waals surface area contributed by atoms with Crippen LogP contribution < -0.4 is 0 Å². The van der Waals surface area contributed by atoms with Crippen LogP contribution >= 0.6 is 0 Å². The molecule has 10 aromatic carbocycles. The van der Waals surface area contributed by atoms with E-state index in [9.17, 15) is 0 Å². The van der Waals surface area contributed by atoms with Gasteiger partial charge in [0.1, 0.15) is 11.2 Å². The molecule has 0 aliphatic heterocycles. The minimum absolute atomic E-state index is 0.580. The lowest BCUT2D eigenvalue weighted by Gasteiger charge is -2.13. The molecule has 63 heavy (non-hydrogen) atoms. The van der Waals surface area contributed by atoms with Crippen LogP contribution in [0.3, 0.4) is 0 Å². The Morgan fingerprint density at radius 3 is 1.43 bits per heavy atom. The Morgan fingerprint density at radius 2 is 0.683 bits per heavy atom. The monoisotopic (exact) mass is 803 g/mol. The summed E-state index contributed by atoms with van der Waals surface area (Å²) in [4.78, 5) is 15.8. The normalized spacial score (nSPS) is 11.5. The van der Waals surface area contributed by atoms with Crippen molar-refractivity contribution in [3.63, 3.8) is 0 Å². The van der Waals surface area contributed by atoms with Gasteiger partial charge in [-0.25, -0.2) is 15.0 Å². The number of benzene rings is 10. The molecule has 0 N–H and O–H groups in total. The number of rotatable bonds is 7. The van der Waals surface area contributed by atoms with Gasteiger partial charge in [0.15, 0.2) is 17.5 Å². The van der Waals surface area contributed by atoms with Gasteiger partial charge in [-0.15, -0.1) is 0 Å². The first-order chi connectivity index (χ1) is 31.2. The largest absolute Gasteiger partial charge is 0.455 e. The molecule has 0 fully saturated rings. The van der Waals surface area contributed by atoms with E-state index in [0.717, 1.165) is 82.8 Å². The number of aromatic nitrogens is 3. The van der Waals surface area contributed by atoms with Crippen LogP contribution in [0.15, 0.2) is 229 Å². The van der Waals surface area contributed by atoms with Crippen molar-refractivity contribution in [1.82, 2.24) is 15.0 Å². The Morgan fingerprint density at radius 1 is 0.254 bits per heavy atom. The molecule has 2 aromatic heterocycles. The summed E-state index contributed by atoms with van der Waals surface area (Å²) in [5, 5.41) is 6.65. The molecule has 0 radical (unpaired) electrons. The van der Waals surface area contributed by atoms with Gasteiger partial charge in [0.25, 0.3) is 0 Å². The summed E-state index contributed by atoms with van der Waals surface area (Å²) in [6.45, 7) is 0. The molecule has 4 nitrogen and oxygen atoms in total. The van der Waals surface area contributed by atoms with Crippen molar-refractivity contribution in [2.24, 2.45) is 0 Å². The van der Waals surface area contributed by atoms with Gasteiger partial charge < -0.3 is 4.42 Å². The predicted octanol–water partition coefficient (Wildman–Crippen LogP) is 15.7. The highest BCUT2D eigenvalue weighted by Gasteiger charge is 2.21. The molecule has 12 aromatic rings. The Hall–Kier alpha value is -8.47. The van der Waals surface area contributed by atoms with Gasteiger partial charge in [0.05, 0.1) is 0 Å². The average molecular weight is 804 g/mol. The van der Waals surface area contributed by atoms with E-state index in [2.05, 4.69) is 206 Å². The molecule has 2 heterocycles. The Labute approximate surface area is 364 Å². The fourth-order valence-corrected chi connectivity index (χ4v) is 9.13. The quantitative estimate of drug-likeness (QED) is 0.161. The van der Waals surface area contributed by atoms with Crippen molar-refractivity contribution in [3.05, 3.63) is 224 Å². The molecule has 0 atom stereocenters. The molecule has 0 amide bonds. The van der Waals surface area contributed by atoms with Crippen LogP contribution in [0.5, 0.6) is 0 Å².